The monoisotopic (exact) mass is 253 g/mol. The summed E-state index contributed by atoms with van der Waals surface area (Å²) in [7, 11) is 1.99. The standard InChI is InChI=1S/C11H15N3S2/c1-7-11(16-6-13-7)10(12-3)4-9-5-15-8(2)14-9/h5-6,10,12H,4H2,1-3H3. The maximum absolute atomic E-state index is 4.50. The zero-order valence-electron chi connectivity index (χ0n) is 9.65. The zero-order chi connectivity index (χ0) is 11.5. The van der Waals surface area contributed by atoms with Gasteiger partial charge in [-0.2, -0.15) is 0 Å². The fourth-order valence-electron chi connectivity index (χ4n) is 1.68. The van der Waals surface area contributed by atoms with E-state index in [4.69, 9.17) is 0 Å². The highest BCUT2D eigenvalue weighted by molar-refractivity contribution is 7.10. The van der Waals surface area contributed by atoms with E-state index in [1.165, 1.54) is 4.88 Å². The Balaban J connectivity index is 2.15. The van der Waals surface area contributed by atoms with Crippen LogP contribution < -0.4 is 5.32 Å². The van der Waals surface area contributed by atoms with Crippen LogP contribution in [0.25, 0.3) is 0 Å². The van der Waals surface area contributed by atoms with Crippen molar-refractivity contribution in [3.05, 3.63) is 32.2 Å². The van der Waals surface area contributed by atoms with Gasteiger partial charge < -0.3 is 5.32 Å². The van der Waals surface area contributed by atoms with E-state index in [0.717, 1.165) is 22.8 Å². The van der Waals surface area contributed by atoms with Gasteiger partial charge in [-0.05, 0) is 20.9 Å². The summed E-state index contributed by atoms with van der Waals surface area (Å²) in [6, 6.07) is 0.328. The van der Waals surface area contributed by atoms with Crippen LogP contribution in [0.4, 0.5) is 0 Å². The molecule has 2 heterocycles. The summed E-state index contributed by atoms with van der Waals surface area (Å²) < 4.78 is 0. The minimum atomic E-state index is 0.328. The van der Waals surface area contributed by atoms with E-state index < -0.39 is 0 Å². The van der Waals surface area contributed by atoms with Gasteiger partial charge in [-0.1, -0.05) is 0 Å². The number of aromatic nitrogens is 2. The van der Waals surface area contributed by atoms with Gasteiger partial charge in [0.05, 0.1) is 21.9 Å². The Morgan fingerprint density at radius 1 is 1.38 bits per heavy atom. The Morgan fingerprint density at radius 2 is 2.19 bits per heavy atom. The predicted molar refractivity (Wildman–Crippen MR) is 69.2 cm³/mol. The van der Waals surface area contributed by atoms with Crippen molar-refractivity contribution in [3.63, 3.8) is 0 Å². The molecular weight excluding hydrogens is 238 g/mol. The van der Waals surface area contributed by atoms with E-state index in [9.17, 15) is 0 Å². The number of aryl methyl sites for hydroxylation is 2. The van der Waals surface area contributed by atoms with Crippen LogP contribution in [0.15, 0.2) is 10.9 Å². The third-order valence-corrected chi connectivity index (χ3v) is 4.39. The molecule has 0 aliphatic heterocycles. The second-order valence-electron chi connectivity index (χ2n) is 3.71. The molecule has 2 aromatic heterocycles. The molecule has 3 nitrogen and oxygen atoms in total. The first kappa shape index (κ1) is 11.7. The minimum Gasteiger partial charge on any atom is -0.312 e. The maximum Gasteiger partial charge on any atom is 0.0897 e. The van der Waals surface area contributed by atoms with Gasteiger partial charge in [0.2, 0.25) is 0 Å². The number of nitrogens with zero attached hydrogens (tertiary/aromatic N) is 2. The van der Waals surface area contributed by atoms with E-state index in [0.29, 0.717) is 6.04 Å². The highest BCUT2D eigenvalue weighted by Gasteiger charge is 2.15. The van der Waals surface area contributed by atoms with Gasteiger partial charge in [0.1, 0.15) is 0 Å². The van der Waals surface area contributed by atoms with E-state index in [1.807, 2.05) is 19.5 Å². The number of nitrogens with one attached hydrogen (secondary N) is 1. The highest BCUT2D eigenvalue weighted by Crippen LogP contribution is 2.25. The fourth-order valence-corrected chi connectivity index (χ4v) is 3.22. The number of likely N-dealkylation sites (N-methyl/N-ethyl adjacent to an activating group) is 1. The van der Waals surface area contributed by atoms with Crippen LogP contribution in [-0.2, 0) is 6.42 Å². The van der Waals surface area contributed by atoms with Crippen molar-refractivity contribution in [2.75, 3.05) is 7.05 Å². The molecule has 0 aliphatic rings. The second-order valence-corrected chi connectivity index (χ2v) is 5.65. The topological polar surface area (TPSA) is 37.8 Å². The average molecular weight is 253 g/mol. The summed E-state index contributed by atoms with van der Waals surface area (Å²) in [6.45, 7) is 4.10. The van der Waals surface area contributed by atoms with Gasteiger partial charge in [0.15, 0.2) is 0 Å². The molecule has 0 aliphatic carbocycles. The average Bonchev–Trinajstić information content (AvgIpc) is 2.84. The molecule has 86 valence electrons. The molecule has 0 saturated heterocycles. The third kappa shape index (κ3) is 2.48. The first-order chi connectivity index (χ1) is 7.70. The Kier molecular flexibility index (Phi) is 3.68. The Bertz CT molecular complexity index is 461. The third-order valence-electron chi connectivity index (χ3n) is 2.53. The van der Waals surface area contributed by atoms with E-state index in [2.05, 4.69) is 27.6 Å². The second kappa shape index (κ2) is 5.03. The van der Waals surface area contributed by atoms with Crippen molar-refractivity contribution in [2.24, 2.45) is 0 Å². The molecule has 0 amide bonds. The number of rotatable bonds is 4. The molecule has 1 unspecified atom stereocenters. The first-order valence-electron chi connectivity index (χ1n) is 5.19. The molecule has 1 atom stereocenters. The van der Waals surface area contributed by atoms with Gasteiger partial charge in [0, 0.05) is 22.7 Å². The minimum absolute atomic E-state index is 0.328. The fraction of sp³-hybridized carbons (Fsp3) is 0.455. The lowest BCUT2D eigenvalue weighted by Crippen LogP contribution is -2.18. The quantitative estimate of drug-likeness (QED) is 0.910. The van der Waals surface area contributed by atoms with Crippen LogP contribution in [0.5, 0.6) is 0 Å². The van der Waals surface area contributed by atoms with Crippen molar-refractivity contribution in [2.45, 2.75) is 26.3 Å². The molecular formula is C11H15N3S2. The molecule has 0 spiro atoms. The Labute approximate surface area is 104 Å². The van der Waals surface area contributed by atoms with Crippen LogP contribution in [0.3, 0.4) is 0 Å². The molecule has 0 fully saturated rings. The molecule has 0 saturated carbocycles. The summed E-state index contributed by atoms with van der Waals surface area (Å²) in [5, 5.41) is 6.60. The summed E-state index contributed by atoms with van der Waals surface area (Å²) in [5.41, 5.74) is 4.19. The number of hydrogen-bond acceptors (Lipinski definition) is 5. The molecule has 0 bridgehead atoms. The van der Waals surface area contributed by atoms with Crippen molar-refractivity contribution >= 4 is 22.7 Å². The SMILES string of the molecule is CNC(Cc1csc(C)n1)c1scnc1C. The highest BCUT2D eigenvalue weighted by atomic mass is 32.1. The predicted octanol–water partition coefficient (Wildman–Crippen LogP) is 2.72. The van der Waals surface area contributed by atoms with Crippen LogP contribution in [0, 0.1) is 13.8 Å². The van der Waals surface area contributed by atoms with E-state index >= 15 is 0 Å². The number of hydrogen-bond donors (Lipinski definition) is 1. The van der Waals surface area contributed by atoms with Crippen LogP contribution in [-0.4, -0.2) is 17.0 Å². The van der Waals surface area contributed by atoms with Crippen LogP contribution in [0.2, 0.25) is 0 Å². The van der Waals surface area contributed by atoms with Crippen molar-refractivity contribution in [1.82, 2.24) is 15.3 Å². The first-order valence-corrected chi connectivity index (χ1v) is 6.95. The lowest BCUT2D eigenvalue weighted by molar-refractivity contribution is 0.591. The van der Waals surface area contributed by atoms with Gasteiger partial charge in [-0.3, -0.25) is 0 Å². The Hall–Kier alpha value is -0.780. The molecule has 2 aromatic rings. The van der Waals surface area contributed by atoms with Crippen LogP contribution in [0.1, 0.15) is 27.3 Å². The van der Waals surface area contributed by atoms with Crippen molar-refractivity contribution in [3.8, 4) is 0 Å². The van der Waals surface area contributed by atoms with E-state index in [-0.39, 0.29) is 0 Å². The van der Waals surface area contributed by atoms with Gasteiger partial charge >= 0.3 is 0 Å². The molecule has 0 radical (unpaired) electrons. The number of thiazole rings is 2. The normalized spacial score (nSPS) is 12.9. The lowest BCUT2D eigenvalue weighted by Gasteiger charge is -2.13. The van der Waals surface area contributed by atoms with Gasteiger partial charge in [0.25, 0.3) is 0 Å². The lowest BCUT2D eigenvalue weighted by atomic mass is 10.1. The van der Waals surface area contributed by atoms with Gasteiger partial charge in [-0.15, -0.1) is 22.7 Å². The molecule has 1 N–H and O–H groups in total. The zero-order valence-corrected chi connectivity index (χ0v) is 11.3. The van der Waals surface area contributed by atoms with Gasteiger partial charge in [-0.25, -0.2) is 9.97 Å². The summed E-state index contributed by atoms with van der Waals surface area (Å²) >= 11 is 3.42. The van der Waals surface area contributed by atoms with Crippen LogP contribution >= 0.6 is 22.7 Å². The maximum atomic E-state index is 4.50. The summed E-state index contributed by atoms with van der Waals surface area (Å²) in [5.74, 6) is 0. The summed E-state index contributed by atoms with van der Waals surface area (Å²) in [6.07, 6.45) is 0.934. The molecule has 0 aromatic carbocycles. The van der Waals surface area contributed by atoms with Crippen molar-refractivity contribution < 1.29 is 0 Å². The molecule has 2 rings (SSSR count). The van der Waals surface area contributed by atoms with E-state index in [1.54, 1.807) is 22.7 Å². The molecule has 5 heteroatoms. The smallest absolute Gasteiger partial charge is 0.0897 e. The van der Waals surface area contributed by atoms with Crippen molar-refractivity contribution in [1.29, 1.82) is 0 Å². The summed E-state index contributed by atoms with van der Waals surface area (Å²) in [4.78, 5) is 10.1. The largest absolute Gasteiger partial charge is 0.312 e. The molecule has 16 heavy (non-hydrogen) atoms. The Morgan fingerprint density at radius 3 is 2.69 bits per heavy atom.